The van der Waals surface area contributed by atoms with Crippen molar-refractivity contribution in [1.29, 1.82) is 0 Å². The molecule has 2 atom stereocenters. The maximum Gasteiger partial charge on any atom is 0.340 e. The van der Waals surface area contributed by atoms with Crippen LogP contribution >= 0.6 is 11.6 Å². The molecule has 3 aromatic carbocycles. The number of carboxylic acid groups (broad SMARTS) is 1. The molecule has 40 heavy (non-hydrogen) atoms. The van der Waals surface area contributed by atoms with Crippen LogP contribution in [0, 0.1) is 0 Å². The van der Waals surface area contributed by atoms with Crippen LogP contribution in [-0.4, -0.2) is 41.2 Å². The molecule has 0 saturated heterocycles. The highest BCUT2D eigenvalue weighted by Gasteiger charge is 2.19. The topological polar surface area (TPSA) is 102 Å². The molecule has 0 heterocycles. The Labute approximate surface area is 238 Å². The predicted octanol–water partition coefficient (Wildman–Crippen LogP) is 5.52. The number of anilines is 1. The summed E-state index contributed by atoms with van der Waals surface area (Å²) in [4.78, 5) is 24.8. The zero-order valence-corrected chi connectivity index (χ0v) is 22.8. The fraction of sp³-hybridized carbons (Fsp3) is 0.290. The van der Waals surface area contributed by atoms with Crippen LogP contribution in [0.5, 0.6) is 0 Å². The summed E-state index contributed by atoms with van der Waals surface area (Å²) in [6.45, 7) is 0.150. The summed E-state index contributed by atoms with van der Waals surface area (Å²) in [7, 11) is 0. The molecular formula is C31H33ClFN3O4. The molecule has 9 heteroatoms. The number of benzene rings is 3. The van der Waals surface area contributed by atoms with Gasteiger partial charge in [-0.2, -0.15) is 0 Å². The van der Waals surface area contributed by atoms with E-state index >= 15 is 0 Å². The Morgan fingerprint density at radius 3 is 2.25 bits per heavy atom. The largest absolute Gasteiger partial charge is 0.479 e. The van der Waals surface area contributed by atoms with E-state index in [4.69, 9.17) is 16.7 Å². The average molecular weight is 566 g/mol. The van der Waals surface area contributed by atoms with Crippen molar-refractivity contribution in [2.45, 2.75) is 51.3 Å². The van der Waals surface area contributed by atoms with E-state index < -0.39 is 30.9 Å². The van der Waals surface area contributed by atoms with Crippen molar-refractivity contribution in [3.8, 4) is 0 Å². The highest BCUT2D eigenvalue weighted by Crippen LogP contribution is 2.29. The summed E-state index contributed by atoms with van der Waals surface area (Å²) in [6, 6.07) is 22.2. The number of amides is 1. The molecule has 1 amide bonds. The van der Waals surface area contributed by atoms with E-state index in [9.17, 15) is 19.1 Å². The van der Waals surface area contributed by atoms with E-state index in [-0.39, 0.29) is 5.56 Å². The SMILES string of the molecule is O=C(NCC(F)C(=O)O)c1ccc(CN(c2ccc(C3=CCCCC3)cc2)C(O)NCc2ccc(Cl)cc2)cc1. The van der Waals surface area contributed by atoms with Crippen molar-refractivity contribution in [3.63, 3.8) is 0 Å². The summed E-state index contributed by atoms with van der Waals surface area (Å²) in [5, 5.41) is 25.9. The van der Waals surface area contributed by atoms with Crippen LogP contribution in [0.3, 0.4) is 0 Å². The Hall–Kier alpha value is -3.72. The predicted molar refractivity (Wildman–Crippen MR) is 155 cm³/mol. The molecule has 0 bridgehead atoms. The van der Waals surface area contributed by atoms with Gasteiger partial charge in [0, 0.05) is 29.4 Å². The van der Waals surface area contributed by atoms with Gasteiger partial charge in [0.05, 0.1) is 6.54 Å². The number of rotatable bonds is 12. The standard InChI is InChI=1S/C31H33ClFN3O4/c32-26-14-8-21(9-15-26)18-35-31(40)36(27-16-12-24(13-17-27)23-4-2-1-3-5-23)20-22-6-10-25(11-7-22)29(37)34-19-28(33)30(38)39/h4,6-17,28,31,35,40H,1-3,5,18-20H2,(H,34,37)(H,38,39). The monoisotopic (exact) mass is 565 g/mol. The molecule has 0 spiro atoms. The minimum Gasteiger partial charge on any atom is -0.479 e. The molecule has 0 aliphatic heterocycles. The van der Waals surface area contributed by atoms with Crippen LogP contribution < -0.4 is 15.5 Å². The lowest BCUT2D eigenvalue weighted by atomic mass is 9.93. The molecule has 3 aromatic rings. The summed E-state index contributed by atoms with van der Waals surface area (Å²) >= 11 is 5.99. The maximum atomic E-state index is 13.3. The minimum atomic E-state index is -2.17. The van der Waals surface area contributed by atoms with Crippen LogP contribution in [0.15, 0.2) is 78.9 Å². The minimum absolute atomic E-state index is 0.277. The smallest absolute Gasteiger partial charge is 0.340 e. The maximum absolute atomic E-state index is 13.3. The van der Waals surface area contributed by atoms with Gasteiger partial charge in [-0.05, 0) is 84.3 Å². The number of aliphatic carboxylic acids is 1. The third-order valence-electron chi connectivity index (χ3n) is 6.84. The highest BCUT2D eigenvalue weighted by molar-refractivity contribution is 6.30. The van der Waals surface area contributed by atoms with E-state index in [2.05, 4.69) is 28.8 Å². The second-order valence-electron chi connectivity index (χ2n) is 9.74. The molecule has 210 valence electrons. The zero-order valence-electron chi connectivity index (χ0n) is 22.0. The number of carbonyl (C=O) groups is 2. The van der Waals surface area contributed by atoms with E-state index in [1.54, 1.807) is 36.4 Å². The Morgan fingerprint density at radius 2 is 1.62 bits per heavy atom. The molecule has 0 fully saturated rings. The summed E-state index contributed by atoms with van der Waals surface area (Å²) in [6.07, 6.45) is 3.69. The van der Waals surface area contributed by atoms with Gasteiger partial charge in [0.1, 0.15) is 0 Å². The van der Waals surface area contributed by atoms with Crippen molar-refractivity contribution < 1.29 is 24.2 Å². The number of aliphatic hydroxyl groups is 1. The molecule has 7 nitrogen and oxygen atoms in total. The number of nitrogens with zero attached hydrogens (tertiary/aromatic N) is 1. The average Bonchev–Trinajstić information content (AvgIpc) is 2.99. The van der Waals surface area contributed by atoms with Gasteiger partial charge in [0.2, 0.25) is 6.17 Å². The summed E-state index contributed by atoms with van der Waals surface area (Å²) in [5.41, 5.74) is 5.43. The number of hydrogen-bond donors (Lipinski definition) is 4. The molecule has 4 N–H and O–H groups in total. The Morgan fingerprint density at radius 1 is 0.950 bits per heavy atom. The fourth-order valence-electron chi connectivity index (χ4n) is 4.54. The van der Waals surface area contributed by atoms with E-state index in [0.29, 0.717) is 18.1 Å². The van der Waals surface area contributed by atoms with E-state index in [1.165, 1.54) is 24.0 Å². The number of hydrogen-bond acceptors (Lipinski definition) is 5. The number of carbonyl (C=O) groups excluding carboxylic acids is 1. The van der Waals surface area contributed by atoms with E-state index in [1.807, 2.05) is 29.2 Å². The molecule has 1 aliphatic rings. The molecule has 1 aliphatic carbocycles. The third kappa shape index (κ3) is 8.14. The first-order valence-electron chi connectivity index (χ1n) is 13.3. The zero-order chi connectivity index (χ0) is 28.5. The number of nitrogens with one attached hydrogen (secondary N) is 2. The van der Waals surface area contributed by atoms with Crippen LogP contribution in [0.25, 0.3) is 5.57 Å². The number of alkyl halides is 1. The first-order chi connectivity index (χ1) is 19.3. The molecule has 0 aromatic heterocycles. The number of carboxylic acids is 1. The van der Waals surface area contributed by atoms with Gasteiger partial charge in [0.25, 0.3) is 5.91 Å². The second kappa shape index (κ2) is 14.1. The molecule has 0 saturated carbocycles. The lowest BCUT2D eigenvalue weighted by Crippen LogP contribution is -2.45. The van der Waals surface area contributed by atoms with Gasteiger partial charge >= 0.3 is 5.97 Å². The van der Waals surface area contributed by atoms with E-state index in [0.717, 1.165) is 29.7 Å². The van der Waals surface area contributed by atoms with Gasteiger partial charge in [-0.1, -0.05) is 54.1 Å². The van der Waals surface area contributed by atoms with Crippen molar-refractivity contribution in [1.82, 2.24) is 10.6 Å². The van der Waals surface area contributed by atoms with Gasteiger partial charge in [-0.3, -0.25) is 10.1 Å². The van der Waals surface area contributed by atoms with Crippen molar-refractivity contribution in [3.05, 3.63) is 106 Å². The number of halogens is 2. The first kappa shape index (κ1) is 29.3. The van der Waals surface area contributed by atoms with Crippen LogP contribution in [0.1, 0.15) is 52.7 Å². The lowest BCUT2D eigenvalue weighted by Gasteiger charge is -2.31. The van der Waals surface area contributed by atoms with Crippen molar-refractivity contribution in [2.24, 2.45) is 0 Å². The first-order valence-corrected chi connectivity index (χ1v) is 13.6. The Balaban J connectivity index is 1.48. The second-order valence-corrected chi connectivity index (χ2v) is 10.2. The molecule has 2 unspecified atom stereocenters. The molecule has 4 rings (SSSR count). The van der Waals surface area contributed by atoms with Crippen LogP contribution in [0.4, 0.5) is 10.1 Å². The highest BCUT2D eigenvalue weighted by atomic mass is 35.5. The third-order valence-corrected chi connectivity index (χ3v) is 7.09. The van der Waals surface area contributed by atoms with Crippen molar-refractivity contribution in [2.75, 3.05) is 11.4 Å². The van der Waals surface area contributed by atoms with Gasteiger partial charge in [-0.25, -0.2) is 9.18 Å². The quantitative estimate of drug-likeness (QED) is 0.216. The summed E-state index contributed by atoms with van der Waals surface area (Å²) in [5.74, 6) is -2.19. The van der Waals surface area contributed by atoms with Gasteiger partial charge in [0.15, 0.2) is 6.35 Å². The van der Waals surface area contributed by atoms with Gasteiger partial charge < -0.3 is 20.4 Å². The molecular weight excluding hydrogens is 533 g/mol. The summed E-state index contributed by atoms with van der Waals surface area (Å²) < 4.78 is 13.3. The fourth-order valence-corrected chi connectivity index (χ4v) is 4.66. The normalized spacial score (nSPS) is 14.6. The van der Waals surface area contributed by atoms with Crippen LogP contribution in [-0.2, 0) is 17.9 Å². The number of aliphatic hydroxyl groups excluding tert-OH is 1. The Bertz CT molecular complexity index is 1310. The number of allylic oxidation sites excluding steroid dienone is 2. The van der Waals surface area contributed by atoms with Gasteiger partial charge in [-0.15, -0.1) is 0 Å². The van der Waals surface area contributed by atoms with Crippen LogP contribution in [0.2, 0.25) is 5.02 Å². The Kier molecular flexibility index (Phi) is 10.3. The molecule has 0 radical (unpaired) electrons. The lowest BCUT2D eigenvalue weighted by molar-refractivity contribution is -0.142. The van der Waals surface area contributed by atoms with Crippen molar-refractivity contribution >= 4 is 34.7 Å².